The van der Waals surface area contributed by atoms with Gasteiger partial charge in [-0.1, -0.05) is 64.7 Å². The number of carbonyl (C=O) groups is 1. The first-order chi connectivity index (χ1) is 17.3. The lowest BCUT2D eigenvalue weighted by molar-refractivity contribution is 0.0805. The van der Waals surface area contributed by atoms with E-state index in [4.69, 9.17) is 32.7 Å². The highest BCUT2D eigenvalue weighted by molar-refractivity contribution is 6.36. The highest BCUT2D eigenvalue weighted by atomic mass is 35.5. The average molecular weight is 549 g/mol. The van der Waals surface area contributed by atoms with Crippen LogP contribution in [-0.2, 0) is 9.47 Å². The largest absolute Gasteiger partial charge is 0.381 e. The number of rotatable bonds is 7. The molecular weight excluding hydrogens is 505 g/mol. The van der Waals surface area contributed by atoms with Crippen LogP contribution in [0.5, 0.6) is 0 Å². The van der Waals surface area contributed by atoms with Crippen LogP contribution in [0.3, 0.4) is 0 Å². The van der Waals surface area contributed by atoms with Crippen molar-refractivity contribution in [3.63, 3.8) is 0 Å². The zero-order valence-electron chi connectivity index (χ0n) is 23.6. The van der Waals surface area contributed by atoms with E-state index < -0.39 is 0 Å². The third kappa shape index (κ3) is 13.8. The van der Waals surface area contributed by atoms with Crippen molar-refractivity contribution in [2.24, 2.45) is 10.8 Å². The van der Waals surface area contributed by atoms with Gasteiger partial charge in [0.15, 0.2) is 5.78 Å². The quantitative estimate of drug-likeness (QED) is 0.277. The van der Waals surface area contributed by atoms with Crippen LogP contribution >= 0.6 is 23.2 Å². The summed E-state index contributed by atoms with van der Waals surface area (Å²) in [4.78, 5) is 12.5. The molecule has 3 aromatic rings. The maximum atomic E-state index is 12.5. The minimum atomic E-state index is -0.137. The monoisotopic (exact) mass is 547 g/mol. The SMILES string of the molecule is CCOCC(C)(C)C.CCOCC(C)(C)C.O=C(c1ccc(-n2cccc2)cc1)c1cc(Cl)ccc1Cl. The molecule has 204 valence electrons. The number of ether oxygens (including phenoxy) is 2. The van der Waals surface area contributed by atoms with E-state index in [1.165, 1.54) is 0 Å². The van der Waals surface area contributed by atoms with Crippen LogP contribution < -0.4 is 0 Å². The van der Waals surface area contributed by atoms with Gasteiger partial charge in [0.25, 0.3) is 0 Å². The number of halogens is 2. The molecule has 0 amide bonds. The number of hydrogen-bond donors (Lipinski definition) is 0. The minimum Gasteiger partial charge on any atom is -0.381 e. The van der Waals surface area contributed by atoms with E-state index >= 15 is 0 Å². The summed E-state index contributed by atoms with van der Waals surface area (Å²) in [7, 11) is 0. The molecule has 0 spiro atoms. The van der Waals surface area contributed by atoms with Gasteiger partial charge in [0.05, 0.1) is 18.2 Å². The van der Waals surface area contributed by atoms with Gasteiger partial charge in [0.2, 0.25) is 0 Å². The third-order valence-corrected chi connectivity index (χ3v) is 5.25. The molecule has 0 radical (unpaired) electrons. The van der Waals surface area contributed by atoms with E-state index in [9.17, 15) is 4.79 Å². The van der Waals surface area contributed by atoms with Gasteiger partial charge in [-0.25, -0.2) is 0 Å². The Morgan fingerprint density at radius 1 is 0.784 bits per heavy atom. The van der Waals surface area contributed by atoms with Crippen LogP contribution in [0.4, 0.5) is 0 Å². The van der Waals surface area contributed by atoms with E-state index in [1.807, 2.05) is 55.1 Å². The Morgan fingerprint density at radius 3 is 1.68 bits per heavy atom. The van der Waals surface area contributed by atoms with Crippen molar-refractivity contribution in [1.82, 2.24) is 4.57 Å². The Labute approximate surface area is 233 Å². The molecule has 0 atom stereocenters. The first-order valence-electron chi connectivity index (χ1n) is 12.7. The Morgan fingerprint density at radius 2 is 1.27 bits per heavy atom. The van der Waals surface area contributed by atoms with Gasteiger partial charge < -0.3 is 14.0 Å². The molecule has 0 fully saturated rings. The fourth-order valence-electron chi connectivity index (χ4n) is 2.94. The molecule has 1 aromatic heterocycles. The van der Waals surface area contributed by atoms with Crippen molar-refractivity contribution >= 4 is 29.0 Å². The molecule has 0 bridgehead atoms. The van der Waals surface area contributed by atoms with Crippen LogP contribution in [0.25, 0.3) is 5.69 Å². The number of benzene rings is 2. The molecule has 3 rings (SSSR count). The third-order valence-electron chi connectivity index (χ3n) is 4.68. The molecule has 0 N–H and O–H groups in total. The highest BCUT2D eigenvalue weighted by Crippen LogP contribution is 2.24. The Balaban J connectivity index is 0.000000355. The molecule has 0 aliphatic rings. The van der Waals surface area contributed by atoms with Crippen molar-refractivity contribution in [1.29, 1.82) is 0 Å². The molecule has 0 saturated carbocycles. The molecule has 1 heterocycles. The van der Waals surface area contributed by atoms with Crippen molar-refractivity contribution in [2.45, 2.75) is 55.4 Å². The predicted molar refractivity (Wildman–Crippen MR) is 158 cm³/mol. The second-order valence-corrected chi connectivity index (χ2v) is 11.8. The highest BCUT2D eigenvalue weighted by Gasteiger charge is 2.13. The number of carbonyl (C=O) groups excluding carboxylic acids is 1. The van der Waals surface area contributed by atoms with Crippen LogP contribution in [0.15, 0.2) is 67.0 Å². The second kappa shape index (κ2) is 16.0. The summed E-state index contributed by atoms with van der Waals surface area (Å²) >= 11 is 12.0. The second-order valence-electron chi connectivity index (χ2n) is 11.0. The van der Waals surface area contributed by atoms with Crippen LogP contribution in [-0.4, -0.2) is 36.8 Å². The Kier molecular flexibility index (Phi) is 14.2. The molecule has 0 unspecified atom stereocenters. The molecule has 0 aliphatic heterocycles. The van der Waals surface area contributed by atoms with E-state index in [1.54, 1.807) is 30.3 Å². The lowest BCUT2D eigenvalue weighted by atomic mass is 9.99. The molecule has 0 saturated heterocycles. The number of hydrogen-bond acceptors (Lipinski definition) is 3. The smallest absolute Gasteiger partial charge is 0.194 e. The molecular formula is C31H43Cl2NO3. The van der Waals surface area contributed by atoms with E-state index in [0.29, 0.717) is 32.0 Å². The topological polar surface area (TPSA) is 40.5 Å². The first-order valence-corrected chi connectivity index (χ1v) is 13.4. The van der Waals surface area contributed by atoms with Crippen LogP contribution in [0, 0.1) is 10.8 Å². The molecule has 2 aromatic carbocycles. The van der Waals surface area contributed by atoms with Gasteiger partial charge in [0.1, 0.15) is 0 Å². The van der Waals surface area contributed by atoms with Crippen molar-refractivity contribution in [2.75, 3.05) is 26.4 Å². The lowest BCUT2D eigenvalue weighted by Crippen LogP contribution is -2.14. The maximum absolute atomic E-state index is 12.5. The van der Waals surface area contributed by atoms with Gasteiger partial charge in [-0.3, -0.25) is 4.79 Å². The summed E-state index contributed by atoms with van der Waals surface area (Å²) in [6.45, 7) is 20.4. The standard InChI is InChI=1S/C17H11Cl2NO.2C7H16O/c18-13-5-8-16(19)15(11-13)17(21)12-3-6-14(7-4-12)20-9-1-2-10-20;2*1-5-8-6-7(2,3)4/h1-11H;2*5-6H2,1-4H3. The summed E-state index contributed by atoms with van der Waals surface area (Å²) in [6, 6.07) is 16.1. The fourth-order valence-corrected chi connectivity index (χ4v) is 3.31. The number of aromatic nitrogens is 1. The first kappa shape index (κ1) is 32.9. The van der Waals surface area contributed by atoms with E-state index in [0.717, 1.165) is 32.1 Å². The van der Waals surface area contributed by atoms with Gasteiger partial charge in [-0.2, -0.15) is 0 Å². The summed E-state index contributed by atoms with van der Waals surface area (Å²) in [6.07, 6.45) is 3.90. The number of nitrogens with zero attached hydrogens (tertiary/aromatic N) is 1. The molecule has 0 aliphatic carbocycles. The average Bonchev–Trinajstić information content (AvgIpc) is 3.38. The summed E-state index contributed by atoms with van der Waals surface area (Å²) in [5.41, 5.74) is 2.65. The molecule has 37 heavy (non-hydrogen) atoms. The fraction of sp³-hybridized carbons (Fsp3) is 0.452. The summed E-state index contributed by atoms with van der Waals surface area (Å²) < 4.78 is 12.4. The van der Waals surface area contributed by atoms with Crippen LogP contribution in [0.1, 0.15) is 71.3 Å². The number of ketones is 1. The minimum absolute atomic E-state index is 0.137. The predicted octanol–water partition coefficient (Wildman–Crippen LogP) is 9.15. The van der Waals surface area contributed by atoms with E-state index in [-0.39, 0.29) is 5.78 Å². The Bertz CT molecular complexity index is 1030. The summed E-state index contributed by atoms with van der Waals surface area (Å²) in [5, 5.41) is 0.894. The zero-order chi connectivity index (χ0) is 28.1. The maximum Gasteiger partial charge on any atom is 0.194 e. The van der Waals surface area contributed by atoms with Gasteiger partial charge in [-0.05, 0) is 79.3 Å². The molecule has 4 nitrogen and oxygen atoms in total. The van der Waals surface area contributed by atoms with Crippen molar-refractivity contribution < 1.29 is 14.3 Å². The van der Waals surface area contributed by atoms with Crippen molar-refractivity contribution in [3.8, 4) is 5.69 Å². The normalized spacial score (nSPS) is 11.2. The zero-order valence-corrected chi connectivity index (χ0v) is 25.1. The van der Waals surface area contributed by atoms with E-state index in [2.05, 4.69) is 41.5 Å². The van der Waals surface area contributed by atoms with Crippen molar-refractivity contribution in [3.05, 3.63) is 88.2 Å². The van der Waals surface area contributed by atoms with Crippen LogP contribution in [0.2, 0.25) is 10.0 Å². The van der Waals surface area contributed by atoms with Gasteiger partial charge in [-0.15, -0.1) is 0 Å². The van der Waals surface area contributed by atoms with Gasteiger partial charge in [0, 0.05) is 47.4 Å². The van der Waals surface area contributed by atoms with Gasteiger partial charge >= 0.3 is 0 Å². The Hall–Kier alpha value is -2.11. The lowest BCUT2D eigenvalue weighted by Gasteiger charge is -2.16. The summed E-state index contributed by atoms with van der Waals surface area (Å²) in [5.74, 6) is -0.137. The molecule has 6 heteroatoms.